The number of carboxylic acids is 1. The summed E-state index contributed by atoms with van der Waals surface area (Å²) in [5.41, 5.74) is 1.69. The topological polar surface area (TPSA) is 69.6 Å². The summed E-state index contributed by atoms with van der Waals surface area (Å²) in [5.74, 6) is -1.28. The van der Waals surface area contributed by atoms with Crippen molar-refractivity contribution < 1.29 is 14.7 Å². The van der Waals surface area contributed by atoms with E-state index in [9.17, 15) is 9.59 Å². The van der Waals surface area contributed by atoms with E-state index in [1.54, 1.807) is 0 Å². The minimum atomic E-state index is -0.848. The Morgan fingerprint density at radius 3 is 2.67 bits per heavy atom. The van der Waals surface area contributed by atoms with Crippen LogP contribution < -0.4 is 5.32 Å². The van der Waals surface area contributed by atoms with Crippen molar-refractivity contribution in [3.05, 3.63) is 28.2 Å². The fraction of sp³-hybridized carbons (Fsp3) is 0.333. The SMILES string of the molecule is Cc1cc(Br)ccc1NC(=O)N1CC(C(=O)O)C1. The Labute approximate surface area is 113 Å². The molecule has 0 radical (unpaired) electrons. The minimum absolute atomic E-state index is 0.252. The lowest BCUT2D eigenvalue weighted by Crippen LogP contribution is -2.54. The van der Waals surface area contributed by atoms with E-state index >= 15 is 0 Å². The minimum Gasteiger partial charge on any atom is -0.481 e. The average Bonchev–Trinajstić information content (AvgIpc) is 2.19. The normalized spacial score (nSPS) is 15.1. The number of anilines is 1. The first-order chi connectivity index (χ1) is 8.47. The number of nitrogens with zero attached hydrogens (tertiary/aromatic N) is 1. The molecule has 18 heavy (non-hydrogen) atoms. The highest BCUT2D eigenvalue weighted by molar-refractivity contribution is 9.10. The van der Waals surface area contributed by atoms with Gasteiger partial charge >= 0.3 is 12.0 Å². The second-order valence-corrected chi connectivity index (χ2v) is 5.25. The number of carbonyl (C=O) groups excluding carboxylic acids is 1. The Kier molecular flexibility index (Phi) is 3.56. The van der Waals surface area contributed by atoms with Crippen LogP contribution in [-0.4, -0.2) is 35.1 Å². The molecule has 0 aromatic heterocycles. The van der Waals surface area contributed by atoms with Gasteiger partial charge in [0, 0.05) is 23.2 Å². The third kappa shape index (κ3) is 2.64. The number of halogens is 1. The second kappa shape index (κ2) is 4.97. The lowest BCUT2D eigenvalue weighted by atomic mass is 10.0. The molecule has 96 valence electrons. The fourth-order valence-corrected chi connectivity index (χ4v) is 2.24. The molecule has 0 saturated carbocycles. The molecule has 1 saturated heterocycles. The number of benzene rings is 1. The summed E-state index contributed by atoms with van der Waals surface area (Å²) < 4.78 is 0.952. The molecule has 0 atom stereocenters. The van der Waals surface area contributed by atoms with E-state index in [0.717, 1.165) is 15.7 Å². The number of likely N-dealkylation sites (tertiary alicyclic amines) is 1. The van der Waals surface area contributed by atoms with Crippen molar-refractivity contribution in [3.8, 4) is 0 Å². The molecule has 1 aliphatic heterocycles. The van der Waals surface area contributed by atoms with Crippen LogP contribution in [0.25, 0.3) is 0 Å². The largest absolute Gasteiger partial charge is 0.481 e. The Morgan fingerprint density at radius 2 is 2.11 bits per heavy atom. The van der Waals surface area contributed by atoms with Gasteiger partial charge in [0.1, 0.15) is 0 Å². The van der Waals surface area contributed by atoms with Crippen molar-refractivity contribution in [1.82, 2.24) is 4.90 Å². The van der Waals surface area contributed by atoms with Crippen LogP contribution in [0.15, 0.2) is 22.7 Å². The number of rotatable bonds is 2. The molecule has 2 amide bonds. The van der Waals surface area contributed by atoms with Gasteiger partial charge in [-0.05, 0) is 30.7 Å². The number of hydrogen-bond donors (Lipinski definition) is 2. The molecule has 1 aromatic rings. The van der Waals surface area contributed by atoms with E-state index < -0.39 is 11.9 Å². The zero-order valence-corrected chi connectivity index (χ0v) is 11.4. The summed E-state index contributed by atoms with van der Waals surface area (Å²) in [6.45, 7) is 2.45. The van der Waals surface area contributed by atoms with Crippen molar-refractivity contribution in [1.29, 1.82) is 0 Å². The van der Waals surface area contributed by atoms with Crippen LogP contribution >= 0.6 is 15.9 Å². The number of nitrogens with one attached hydrogen (secondary N) is 1. The third-order valence-electron chi connectivity index (χ3n) is 2.95. The Balaban J connectivity index is 1.94. The molecule has 2 N–H and O–H groups in total. The summed E-state index contributed by atoms with van der Waals surface area (Å²) in [6, 6.07) is 5.31. The van der Waals surface area contributed by atoms with E-state index in [-0.39, 0.29) is 19.1 Å². The van der Waals surface area contributed by atoms with Gasteiger partial charge in [0.2, 0.25) is 0 Å². The molecule has 1 fully saturated rings. The average molecular weight is 313 g/mol. The highest BCUT2D eigenvalue weighted by atomic mass is 79.9. The van der Waals surface area contributed by atoms with Crippen LogP contribution in [0.1, 0.15) is 5.56 Å². The standard InChI is InChI=1S/C12H13BrN2O3/c1-7-4-9(13)2-3-10(7)14-12(18)15-5-8(6-15)11(16)17/h2-4,8H,5-6H2,1H3,(H,14,18)(H,16,17). The van der Waals surface area contributed by atoms with Crippen LogP contribution in [0.3, 0.4) is 0 Å². The molecule has 5 nitrogen and oxygen atoms in total. The van der Waals surface area contributed by atoms with Crippen molar-refractivity contribution in [2.24, 2.45) is 5.92 Å². The van der Waals surface area contributed by atoms with E-state index in [1.165, 1.54) is 4.90 Å². The molecule has 2 rings (SSSR count). The molecular formula is C12H13BrN2O3. The Hall–Kier alpha value is -1.56. The number of urea groups is 1. The zero-order valence-electron chi connectivity index (χ0n) is 9.81. The molecule has 0 spiro atoms. The summed E-state index contributed by atoms with van der Waals surface area (Å²) in [4.78, 5) is 23.9. The van der Waals surface area contributed by atoms with Gasteiger partial charge in [0.15, 0.2) is 0 Å². The predicted molar refractivity (Wildman–Crippen MR) is 70.6 cm³/mol. The van der Waals surface area contributed by atoms with Crippen molar-refractivity contribution >= 4 is 33.6 Å². The van der Waals surface area contributed by atoms with E-state index in [2.05, 4.69) is 21.2 Å². The van der Waals surface area contributed by atoms with Crippen LogP contribution in [0.5, 0.6) is 0 Å². The molecule has 1 heterocycles. The maximum atomic E-state index is 11.8. The number of aliphatic carboxylic acids is 1. The van der Waals surface area contributed by atoms with E-state index in [0.29, 0.717) is 0 Å². The van der Waals surface area contributed by atoms with Crippen molar-refractivity contribution in [2.75, 3.05) is 18.4 Å². The molecule has 1 aromatic carbocycles. The van der Waals surface area contributed by atoms with Crippen molar-refractivity contribution in [2.45, 2.75) is 6.92 Å². The molecule has 0 aliphatic carbocycles. The van der Waals surface area contributed by atoms with E-state index in [1.807, 2.05) is 25.1 Å². The maximum absolute atomic E-state index is 11.8. The van der Waals surface area contributed by atoms with Gasteiger partial charge in [-0.25, -0.2) is 4.79 Å². The first-order valence-electron chi connectivity index (χ1n) is 5.52. The number of amides is 2. The quantitative estimate of drug-likeness (QED) is 0.880. The summed E-state index contributed by atoms with van der Waals surface area (Å²) in [5, 5.41) is 11.5. The molecular weight excluding hydrogens is 300 g/mol. The lowest BCUT2D eigenvalue weighted by Gasteiger charge is -2.36. The second-order valence-electron chi connectivity index (χ2n) is 4.33. The highest BCUT2D eigenvalue weighted by Crippen LogP contribution is 2.22. The summed E-state index contributed by atoms with van der Waals surface area (Å²) >= 11 is 3.35. The highest BCUT2D eigenvalue weighted by Gasteiger charge is 2.35. The van der Waals surface area contributed by atoms with Gasteiger partial charge in [-0.1, -0.05) is 15.9 Å². The van der Waals surface area contributed by atoms with Gasteiger partial charge in [0.05, 0.1) is 5.92 Å². The van der Waals surface area contributed by atoms with Gasteiger partial charge in [-0.3, -0.25) is 4.79 Å². The van der Waals surface area contributed by atoms with Gasteiger partial charge in [-0.15, -0.1) is 0 Å². The van der Waals surface area contributed by atoms with Gasteiger partial charge < -0.3 is 15.3 Å². The van der Waals surface area contributed by atoms with Crippen LogP contribution in [0.4, 0.5) is 10.5 Å². The fourth-order valence-electron chi connectivity index (χ4n) is 1.76. The van der Waals surface area contributed by atoms with Crippen molar-refractivity contribution in [3.63, 3.8) is 0 Å². The van der Waals surface area contributed by atoms with Crippen LogP contribution in [0.2, 0.25) is 0 Å². The number of carboxylic acid groups (broad SMARTS) is 1. The number of carbonyl (C=O) groups is 2. The monoisotopic (exact) mass is 312 g/mol. The number of hydrogen-bond acceptors (Lipinski definition) is 2. The molecule has 0 unspecified atom stereocenters. The van der Waals surface area contributed by atoms with Crippen LogP contribution in [-0.2, 0) is 4.79 Å². The first kappa shape index (κ1) is 12.9. The third-order valence-corrected chi connectivity index (χ3v) is 3.44. The Bertz CT molecular complexity index is 498. The lowest BCUT2D eigenvalue weighted by molar-refractivity contribution is -0.145. The summed E-state index contributed by atoms with van der Waals surface area (Å²) in [6.07, 6.45) is 0. The smallest absolute Gasteiger partial charge is 0.321 e. The molecule has 1 aliphatic rings. The number of aryl methyl sites for hydroxylation is 1. The Morgan fingerprint density at radius 1 is 1.44 bits per heavy atom. The molecule has 6 heteroatoms. The summed E-state index contributed by atoms with van der Waals surface area (Å²) in [7, 11) is 0. The van der Waals surface area contributed by atoms with Crippen LogP contribution in [0, 0.1) is 12.8 Å². The van der Waals surface area contributed by atoms with Gasteiger partial charge in [-0.2, -0.15) is 0 Å². The van der Waals surface area contributed by atoms with E-state index in [4.69, 9.17) is 5.11 Å². The predicted octanol–water partition coefficient (Wildman–Crippen LogP) is 2.31. The van der Waals surface area contributed by atoms with Gasteiger partial charge in [0.25, 0.3) is 0 Å². The maximum Gasteiger partial charge on any atom is 0.321 e. The molecule has 0 bridgehead atoms. The first-order valence-corrected chi connectivity index (χ1v) is 6.31. The zero-order chi connectivity index (χ0) is 13.3.